The minimum Gasteiger partial charge on any atom is -0.396 e. The fraction of sp³-hybridized carbons (Fsp3) is 0.316. The fourth-order valence-corrected chi connectivity index (χ4v) is 3.01. The first-order valence-corrected chi connectivity index (χ1v) is 8.01. The molecule has 0 saturated heterocycles. The van der Waals surface area contributed by atoms with Gasteiger partial charge in [0.05, 0.1) is 6.04 Å². The maximum absolute atomic E-state index is 13.3. The number of amides is 1. The molecule has 2 aromatic carbocycles. The van der Waals surface area contributed by atoms with Crippen LogP contribution >= 0.6 is 0 Å². The number of aliphatic hydroxyl groups is 1. The van der Waals surface area contributed by atoms with Crippen molar-refractivity contribution in [2.75, 3.05) is 6.61 Å². The number of rotatable bonds is 6. The van der Waals surface area contributed by atoms with E-state index in [1.807, 2.05) is 30.3 Å². The topological polar surface area (TPSA) is 49.3 Å². The van der Waals surface area contributed by atoms with Crippen LogP contribution in [0.1, 0.15) is 35.9 Å². The number of carbonyl (C=O) groups is 1. The average molecular weight is 331 g/mol. The van der Waals surface area contributed by atoms with Crippen molar-refractivity contribution in [2.45, 2.75) is 24.8 Å². The Bertz CT molecular complexity index is 721. The van der Waals surface area contributed by atoms with Crippen LogP contribution in [0.2, 0.25) is 0 Å². The largest absolute Gasteiger partial charge is 0.396 e. The lowest BCUT2D eigenvalue weighted by molar-refractivity contribution is -0.123. The summed E-state index contributed by atoms with van der Waals surface area (Å²) in [4.78, 5) is 12.4. The number of halogens is 2. The van der Waals surface area contributed by atoms with E-state index in [9.17, 15) is 18.7 Å². The molecule has 3 nitrogen and oxygen atoms in total. The summed E-state index contributed by atoms with van der Waals surface area (Å²) < 4.78 is 26.3. The molecule has 0 radical (unpaired) electrons. The van der Waals surface area contributed by atoms with E-state index in [2.05, 4.69) is 5.32 Å². The van der Waals surface area contributed by atoms with Crippen molar-refractivity contribution in [3.05, 3.63) is 71.3 Å². The molecule has 1 fully saturated rings. The standard InChI is InChI=1S/C19H19F2NO2/c20-16-7-6-13(10-17(16)21)14-11-15(14)19(24)22-18(8-9-23)12-4-2-1-3-5-12/h1-7,10,14-15,18,23H,8-9,11H2,(H,22,24)/t14-,15-,18+/m0/s1. The maximum Gasteiger partial charge on any atom is 0.224 e. The second kappa shape index (κ2) is 7.09. The Morgan fingerprint density at radius 1 is 1.17 bits per heavy atom. The number of hydrogen-bond donors (Lipinski definition) is 2. The van der Waals surface area contributed by atoms with Crippen LogP contribution in [-0.4, -0.2) is 17.6 Å². The summed E-state index contributed by atoms with van der Waals surface area (Å²) in [7, 11) is 0. The van der Waals surface area contributed by atoms with Crippen molar-refractivity contribution >= 4 is 5.91 Å². The molecule has 0 heterocycles. The van der Waals surface area contributed by atoms with Crippen LogP contribution in [0.3, 0.4) is 0 Å². The molecule has 1 aliphatic rings. The quantitative estimate of drug-likeness (QED) is 0.853. The molecule has 0 aliphatic heterocycles. The number of hydrogen-bond acceptors (Lipinski definition) is 2. The average Bonchev–Trinajstić information content (AvgIpc) is 3.38. The lowest BCUT2D eigenvalue weighted by Crippen LogP contribution is -2.30. The van der Waals surface area contributed by atoms with Crippen molar-refractivity contribution in [3.63, 3.8) is 0 Å². The van der Waals surface area contributed by atoms with Gasteiger partial charge >= 0.3 is 0 Å². The summed E-state index contributed by atoms with van der Waals surface area (Å²) in [5, 5.41) is 12.2. The molecular formula is C19H19F2NO2. The lowest BCUT2D eigenvalue weighted by atomic mass is 10.0. The minimum absolute atomic E-state index is 0.0306. The van der Waals surface area contributed by atoms with Crippen molar-refractivity contribution in [3.8, 4) is 0 Å². The predicted molar refractivity (Wildman–Crippen MR) is 86.2 cm³/mol. The predicted octanol–water partition coefficient (Wildman–Crippen LogP) is 3.31. The summed E-state index contributed by atoms with van der Waals surface area (Å²) in [5.41, 5.74) is 1.58. The van der Waals surface area contributed by atoms with Gasteiger partial charge in [0.1, 0.15) is 0 Å². The highest BCUT2D eigenvalue weighted by Gasteiger charge is 2.44. The van der Waals surface area contributed by atoms with Gasteiger partial charge in [-0.25, -0.2) is 8.78 Å². The normalized spacial score (nSPS) is 20.5. The van der Waals surface area contributed by atoms with Crippen LogP contribution in [0.25, 0.3) is 0 Å². The van der Waals surface area contributed by atoms with E-state index >= 15 is 0 Å². The first-order valence-electron chi connectivity index (χ1n) is 8.01. The third-order valence-electron chi connectivity index (χ3n) is 4.44. The third kappa shape index (κ3) is 3.62. The van der Waals surface area contributed by atoms with Gasteiger partial charge in [-0.05, 0) is 42.0 Å². The molecule has 3 rings (SSSR count). The molecule has 126 valence electrons. The molecule has 2 N–H and O–H groups in total. The van der Waals surface area contributed by atoms with Gasteiger partial charge in [0.25, 0.3) is 0 Å². The third-order valence-corrected chi connectivity index (χ3v) is 4.44. The van der Waals surface area contributed by atoms with E-state index in [1.165, 1.54) is 6.07 Å². The van der Waals surface area contributed by atoms with Gasteiger partial charge in [-0.2, -0.15) is 0 Å². The molecule has 1 aliphatic carbocycles. The number of aliphatic hydroxyl groups excluding tert-OH is 1. The molecule has 2 aromatic rings. The number of nitrogens with one attached hydrogen (secondary N) is 1. The van der Waals surface area contributed by atoms with Crippen LogP contribution in [0.5, 0.6) is 0 Å². The Hall–Kier alpha value is -2.27. The Morgan fingerprint density at radius 3 is 2.58 bits per heavy atom. The first kappa shape index (κ1) is 16.6. The van der Waals surface area contributed by atoms with E-state index in [4.69, 9.17) is 0 Å². The van der Waals surface area contributed by atoms with Gasteiger partial charge in [-0.15, -0.1) is 0 Å². The Labute approximate surface area is 139 Å². The lowest BCUT2D eigenvalue weighted by Gasteiger charge is -2.18. The molecule has 3 atom stereocenters. The van der Waals surface area contributed by atoms with Gasteiger partial charge in [0.15, 0.2) is 11.6 Å². The van der Waals surface area contributed by atoms with Crippen molar-refractivity contribution in [1.29, 1.82) is 0 Å². The Morgan fingerprint density at radius 2 is 1.92 bits per heavy atom. The molecule has 1 saturated carbocycles. The molecule has 0 aromatic heterocycles. The SMILES string of the molecule is O=C(N[C@H](CCO)c1ccccc1)[C@H]1C[C@H]1c1ccc(F)c(F)c1. The van der Waals surface area contributed by atoms with Gasteiger partial charge in [0.2, 0.25) is 5.91 Å². The van der Waals surface area contributed by atoms with Gasteiger partial charge in [-0.1, -0.05) is 36.4 Å². The van der Waals surface area contributed by atoms with Crippen LogP contribution in [0.4, 0.5) is 8.78 Å². The van der Waals surface area contributed by atoms with E-state index in [0.29, 0.717) is 18.4 Å². The van der Waals surface area contributed by atoms with Gasteiger partial charge < -0.3 is 10.4 Å². The molecule has 0 unspecified atom stereocenters. The monoisotopic (exact) mass is 331 g/mol. The summed E-state index contributed by atoms with van der Waals surface area (Å²) in [6.45, 7) is -0.0306. The second-order valence-corrected chi connectivity index (χ2v) is 6.11. The van der Waals surface area contributed by atoms with Crippen molar-refractivity contribution in [1.82, 2.24) is 5.32 Å². The smallest absolute Gasteiger partial charge is 0.224 e. The number of benzene rings is 2. The van der Waals surface area contributed by atoms with Crippen molar-refractivity contribution in [2.24, 2.45) is 5.92 Å². The molecule has 24 heavy (non-hydrogen) atoms. The van der Waals surface area contributed by atoms with Gasteiger partial charge in [0, 0.05) is 12.5 Å². The van der Waals surface area contributed by atoms with Crippen LogP contribution < -0.4 is 5.32 Å². The van der Waals surface area contributed by atoms with Crippen LogP contribution in [0.15, 0.2) is 48.5 Å². The van der Waals surface area contributed by atoms with E-state index in [1.54, 1.807) is 0 Å². The second-order valence-electron chi connectivity index (χ2n) is 6.11. The molecule has 5 heteroatoms. The minimum atomic E-state index is -0.888. The van der Waals surface area contributed by atoms with E-state index in [0.717, 1.165) is 17.7 Å². The zero-order valence-corrected chi connectivity index (χ0v) is 13.1. The summed E-state index contributed by atoms with van der Waals surface area (Å²) in [6, 6.07) is 13.0. The Kier molecular flexibility index (Phi) is 4.90. The summed E-state index contributed by atoms with van der Waals surface area (Å²) >= 11 is 0. The van der Waals surface area contributed by atoms with Crippen molar-refractivity contribution < 1.29 is 18.7 Å². The highest BCUT2D eigenvalue weighted by Crippen LogP contribution is 2.48. The highest BCUT2D eigenvalue weighted by molar-refractivity contribution is 5.83. The highest BCUT2D eigenvalue weighted by atomic mass is 19.2. The summed E-state index contributed by atoms with van der Waals surface area (Å²) in [5.74, 6) is -2.20. The number of carbonyl (C=O) groups excluding carboxylic acids is 1. The van der Waals surface area contributed by atoms with Crippen LogP contribution in [-0.2, 0) is 4.79 Å². The molecule has 0 spiro atoms. The van der Waals surface area contributed by atoms with Crippen LogP contribution in [0, 0.1) is 17.6 Å². The fourth-order valence-electron chi connectivity index (χ4n) is 3.01. The first-order chi connectivity index (χ1) is 11.6. The molecular weight excluding hydrogens is 312 g/mol. The Balaban J connectivity index is 1.65. The molecule has 1 amide bonds. The summed E-state index contributed by atoms with van der Waals surface area (Å²) in [6.07, 6.45) is 1.05. The van der Waals surface area contributed by atoms with E-state index < -0.39 is 11.6 Å². The molecule has 0 bridgehead atoms. The maximum atomic E-state index is 13.3. The van der Waals surface area contributed by atoms with Gasteiger partial charge in [-0.3, -0.25) is 4.79 Å². The van der Waals surface area contributed by atoms with E-state index in [-0.39, 0.29) is 30.4 Å². The zero-order valence-electron chi connectivity index (χ0n) is 13.1. The zero-order chi connectivity index (χ0) is 17.1.